The predicted octanol–water partition coefficient (Wildman–Crippen LogP) is 5.83. The quantitative estimate of drug-likeness (QED) is 0.377. The third-order valence-corrected chi connectivity index (χ3v) is 6.14. The van der Waals surface area contributed by atoms with Crippen molar-refractivity contribution in [3.8, 4) is 11.5 Å². The largest absolute Gasteiger partial charge is 0.573 e. The Labute approximate surface area is 203 Å². The summed E-state index contributed by atoms with van der Waals surface area (Å²) in [6.45, 7) is -0.146. The fraction of sp³-hybridized carbons (Fsp3) is 0.308. The summed E-state index contributed by atoms with van der Waals surface area (Å²) >= 11 is 0. The molecule has 3 aromatic rings. The molecule has 0 radical (unpaired) electrons. The number of benzene rings is 3. The van der Waals surface area contributed by atoms with Crippen LogP contribution in [0.3, 0.4) is 0 Å². The van der Waals surface area contributed by atoms with Crippen LogP contribution in [0.2, 0.25) is 0 Å². The van der Waals surface area contributed by atoms with E-state index in [9.17, 15) is 32.3 Å². The maximum Gasteiger partial charge on any atom is 0.573 e. The number of fused-ring (bicyclic) bond motifs is 1. The van der Waals surface area contributed by atoms with Crippen molar-refractivity contribution in [1.29, 1.82) is 0 Å². The number of carboxylic acids is 1. The molecule has 190 valence electrons. The first-order valence-electron chi connectivity index (χ1n) is 11.3. The highest BCUT2D eigenvalue weighted by molar-refractivity contribution is 6.05. The number of amides is 1. The van der Waals surface area contributed by atoms with Gasteiger partial charge in [-0.15, -0.1) is 13.2 Å². The minimum absolute atomic E-state index is 0.0226. The second-order valence-corrected chi connectivity index (χ2v) is 8.62. The number of carboxylic acid groups (broad SMARTS) is 1. The molecular weight excluding hydrogens is 482 g/mol. The summed E-state index contributed by atoms with van der Waals surface area (Å²) in [6.07, 6.45) is -1.66. The molecule has 0 bridgehead atoms. The lowest BCUT2D eigenvalue weighted by molar-refractivity contribution is -0.274. The van der Waals surface area contributed by atoms with Crippen LogP contribution in [0.1, 0.15) is 41.6 Å². The molecule has 1 fully saturated rings. The van der Waals surface area contributed by atoms with Crippen LogP contribution in [0.25, 0.3) is 10.8 Å². The smallest absolute Gasteiger partial charge is 0.487 e. The summed E-state index contributed by atoms with van der Waals surface area (Å²) in [5, 5.41) is 13.1. The molecule has 1 atom stereocenters. The summed E-state index contributed by atoms with van der Waals surface area (Å²) in [5.41, 5.74) is 0.494. The van der Waals surface area contributed by atoms with Gasteiger partial charge in [-0.1, -0.05) is 37.1 Å². The first-order chi connectivity index (χ1) is 17.1. The van der Waals surface area contributed by atoms with Crippen LogP contribution < -0.4 is 14.8 Å². The van der Waals surface area contributed by atoms with E-state index >= 15 is 0 Å². The van der Waals surface area contributed by atoms with E-state index in [0.29, 0.717) is 29.2 Å². The van der Waals surface area contributed by atoms with E-state index in [0.717, 1.165) is 25.0 Å². The van der Waals surface area contributed by atoms with Gasteiger partial charge in [0.2, 0.25) is 0 Å². The third kappa shape index (κ3) is 6.05. The molecule has 1 unspecified atom stereocenters. The predicted molar refractivity (Wildman–Crippen MR) is 122 cm³/mol. The van der Waals surface area contributed by atoms with Crippen LogP contribution in [0.4, 0.5) is 17.6 Å². The molecule has 10 heteroatoms. The highest BCUT2D eigenvalue weighted by Gasteiger charge is 2.33. The summed E-state index contributed by atoms with van der Waals surface area (Å²) in [4.78, 5) is 25.0. The fourth-order valence-corrected chi connectivity index (χ4v) is 4.43. The molecule has 3 aromatic carbocycles. The summed E-state index contributed by atoms with van der Waals surface area (Å²) in [7, 11) is 0. The minimum Gasteiger partial charge on any atom is -0.487 e. The number of rotatable bonds is 8. The second kappa shape index (κ2) is 10.4. The molecule has 1 aliphatic carbocycles. The molecule has 0 aliphatic heterocycles. The van der Waals surface area contributed by atoms with Crippen LogP contribution in [0.15, 0.2) is 54.6 Å². The van der Waals surface area contributed by atoms with Gasteiger partial charge >= 0.3 is 12.3 Å². The first kappa shape index (κ1) is 25.3. The van der Waals surface area contributed by atoms with Crippen molar-refractivity contribution < 1.29 is 41.7 Å². The number of hydrogen-bond donors (Lipinski definition) is 2. The lowest BCUT2D eigenvalue weighted by atomic mass is 9.97. The van der Waals surface area contributed by atoms with Crippen molar-refractivity contribution in [1.82, 2.24) is 5.32 Å². The molecule has 36 heavy (non-hydrogen) atoms. The van der Waals surface area contributed by atoms with Gasteiger partial charge in [0.25, 0.3) is 5.91 Å². The van der Waals surface area contributed by atoms with Gasteiger partial charge in [-0.3, -0.25) is 4.79 Å². The number of nitrogens with one attached hydrogen (secondary N) is 1. The van der Waals surface area contributed by atoms with E-state index < -0.39 is 35.8 Å². The van der Waals surface area contributed by atoms with E-state index in [1.165, 1.54) is 36.4 Å². The Morgan fingerprint density at radius 2 is 1.69 bits per heavy atom. The van der Waals surface area contributed by atoms with Crippen molar-refractivity contribution in [3.05, 3.63) is 71.5 Å². The van der Waals surface area contributed by atoms with Crippen LogP contribution >= 0.6 is 0 Å². The van der Waals surface area contributed by atoms with Crippen molar-refractivity contribution >= 4 is 22.6 Å². The second-order valence-electron chi connectivity index (χ2n) is 8.62. The lowest BCUT2D eigenvalue weighted by Gasteiger charge is -2.22. The molecule has 4 rings (SSSR count). The van der Waals surface area contributed by atoms with Gasteiger partial charge in [-0.25, -0.2) is 9.18 Å². The van der Waals surface area contributed by atoms with Crippen molar-refractivity contribution in [2.75, 3.05) is 0 Å². The topological polar surface area (TPSA) is 84.9 Å². The van der Waals surface area contributed by atoms with E-state index in [-0.39, 0.29) is 23.8 Å². The number of halogens is 4. The van der Waals surface area contributed by atoms with Crippen LogP contribution in [-0.4, -0.2) is 29.4 Å². The molecule has 1 aliphatic rings. The molecule has 0 saturated heterocycles. The summed E-state index contributed by atoms with van der Waals surface area (Å²) in [5.74, 6) is -2.92. The molecule has 2 N–H and O–H groups in total. The maximum absolute atomic E-state index is 14.1. The SMILES string of the molecule is O=C(NC(C(=O)O)C1CCCC1)c1ccc2ccc(F)cc2c1OCc1ccc(OC(F)(F)F)cc1. The van der Waals surface area contributed by atoms with E-state index in [2.05, 4.69) is 10.1 Å². The van der Waals surface area contributed by atoms with Crippen molar-refractivity contribution in [2.24, 2.45) is 5.92 Å². The minimum atomic E-state index is -4.82. The number of carbonyl (C=O) groups is 2. The Morgan fingerprint density at radius 1 is 1.03 bits per heavy atom. The molecule has 0 heterocycles. The highest BCUT2D eigenvalue weighted by Crippen LogP contribution is 2.33. The zero-order chi connectivity index (χ0) is 25.9. The summed E-state index contributed by atoms with van der Waals surface area (Å²) < 4.78 is 61.0. The number of alkyl halides is 3. The van der Waals surface area contributed by atoms with E-state index in [4.69, 9.17) is 4.74 Å². The summed E-state index contributed by atoms with van der Waals surface area (Å²) in [6, 6.07) is 11.0. The lowest BCUT2D eigenvalue weighted by Crippen LogP contribution is -2.45. The van der Waals surface area contributed by atoms with Gasteiger partial charge in [-0.05, 0) is 60.0 Å². The Morgan fingerprint density at radius 3 is 2.33 bits per heavy atom. The fourth-order valence-electron chi connectivity index (χ4n) is 4.43. The standard InChI is InChI=1S/C26H23F4NO5/c27-18-9-7-16-8-12-20(24(32)31-22(25(33)34)17-3-1-2-4-17)23(21(16)13-18)35-14-15-5-10-19(11-6-15)36-26(28,29)30/h5-13,17,22H,1-4,14H2,(H,31,32)(H,33,34). The molecule has 0 spiro atoms. The first-order valence-corrected chi connectivity index (χ1v) is 11.3. The molecular formula is C26H23F4NO5. The van der Waals surface area contributed by atoms with Crippen molar-refractivity contribution in [3.63, 3.8) is 0 Å². The number of hydrogen-bond acceptors (Lipinski definition) is 4. The van der Waals surface area contributed by atoms with Crippen LogP contribution in [0.5, 0.6) is 11.5 Å². The third-order valence-electron chi connectivity index (χ3n) is 6.14. The zero-order valence-corrected chi connectivity index (χ0v) is 19.0. The Bertz CT molecular complexity index is 1250. The van der Waals surface area contributed by atoms with Crippen LogP contribution in [0, 0.1) is 11.7 Å². The number of ether oxygens (including phenoxy) is 2. The zero-order valence-electron chi connectivity index (χ0n) is 19.0. The van der Waals surface area contributed by atoms with E-state index in [1.807, 2.05) is 0 Å². The van der Waals surface area contributed by atoms with Crippen LogP contribution in [-0.2, 0) is 11.4 Å². The molecule has 1 saturated carbocycles. The molecule has 1 amide bonds. The average Bonchev–Trinajstić information content (AvgIpc) is 3.35. The number of aliphatic carboxylic acids is 1. The normalized spacial score (nSPS) is 15.0. The molecule has 0 aromatic heterocycles. The van der Waals surface area contributed by atoms with E-state index in [1.54, 1.807) is 6.07 Å². The van der Waals surface area contributed by atoms with Gasteiger partial charge in [0, 0.05) is 5.39 Å². The van der Waals surface area contributed by atoms with Gasteiger partial charge < -0.3 is 19.9 Å². The Hall–Kier alpha value is -3.82. The van der Waals surface area contributed by atoms with Gasteiger partial charge in [0.15, 0.2) is 0 Å². The highest BCUT2D eigenvalue weighted by atomic mass is 19.4. The Balaban J connectivity index is 1.61. The van der Waals surface area contributed by atoms with Gasteiger partial charge in [0.1, 0.15) is 30.0 Å². The van der Waals surface area contributed by atoms with Gasteiger partial charge in [-0.2, -0.15) is 0 Å². The van der Waals surface area contributed by atoms with Crippen molar-refractivity contribution in [2.45, 2.75) is 44.7 Å². The number of carbonyl (C=O) groups excluding carboxylic acids is 1. The molecule has 6 nitrogen and oxygen atoms in total. The Kier molecular flexibility index (Phi) is 7.32. The monoisotopic (exact) mass is 505 g/mol. The van der Waals surface area contributed by atoms with Gasteiger partial charge in [0.05, 0.1) is 5.56 Å². The maximum atomic E-state index is 14.1. The average molecular weight is 505 g/mol.